The molecule has 0 aliphatic heterocycles. The van der Waals surface area contributed by atoms with Gasteiger partial charge in [-0.3, -0.25) is 9.35 Å². The van der Waals surface area contributed by atoms with Crippen molar-refractivity contribution < 1.29 is 17.8 Å². The summed E-state index contributed by atoms with van der Waals surface area (Å²) in [5.74, 6) is -0.669. The highest BCUT2D eigenvalue weighted by Crippen LogP contribution is 1.96. The normalized spacial score (nSPS) is 15.0. The highest BCUT2D eigenvalue weighted by molar-refractivity contribution is 7.87. The second-order valence-electron chi connectivity index (χ2n) is 1.61. The second kappa shape index (κ2) is 2.45. The van der Waals surface area contributed by atoms with Crippen molar-refractivity contribution in [3.05, 3.63) is 6.92 Å². The maximum absolute atomic E-state index is 10.2. The van der Waals surface area contributed by atoms with Crippen molar-refractivity contribution in [3.8, 4) is 0 Å². The molecule has 53 valence electrons. The Kier molecular flexibility index (Phi) is 2.33. The smallest absolute Gasteiger partial charge is 0.274 e. The van der Waals surface area contributed by atoms with Gasteiger partial charge in [-0.15, -0.1) is 0 Å². The third kappa shape index (κ3) is 2.57. The molecule has 0 aliphatic carbocycles. The molecule has 0 spiro atoms. The van der Waals surface area contributed by atoms with Crippen LogP contribution >= 0.6 is 0 Å². The van der Waals surface area contributed by atoms with Crippen molar-refractivity contribution in [3.63, 3.8) is 0 Å². The van der Waals surface area contributed by atoms with E-state index in [4.69, 9.17) is 4.55 Å². The number of ketones is 1. The molecule has 0 fully saturated rings. The molecule has 5 heteroatoms. The van der Waals surface area contributed by atoms with E-state index in [1.165, 1.54) is 0 Å². The Labute approximate surface area is 53.6 Å². The average Bonchev–Trinajstić information content (AvgIpc) is 1.62. The minimum atomic E-state index is -4.26. The summed E-state index contributed by atoms with van der Waals surface area (Å²) in [5.41, 5.74) is 0. The van der Waals surface area contributed by atoms with Gasteiger partial charge in [0.1, 0.15) is 11.0 Å². The molecule has 0 rings (SSSR count). The summed E-state index contributed by atoms with van der Waals surface area (Å²) in [7, 11) is -4.26. The summed E-state index contributed by atoms with van der Waals surface area (Å²) in [6.07, 6.45) is 0. The molecular formula is C4H7O4S. The van der Waals surface area contributed by atoms with Gasteiger partial charge >= 0.3 is 0 Å². The molecule has 1 atom stereocenters. The molecule has 0 saturated carbocycles. The first kappa shape index (κ1) is 8.58. The molecule has 0 amide bonds. The van der Waals surface area contributed by atoms with Crippen molar-refractivity contribution in [2.24, 2.45) is 0 Å². The van der Waals surface area contributed by atoms with Gasteiger partial charge in [0.25, 0.3) is 10.1 Å². The molecule has 0 aromatic carbocycles. The Morgan fingerprint density at radius 1 is 1.67 bits per heavy atom. The zero-order valence-corrected chi connectivity index (χ0v) is 5.68. The Morgan fingerprint density at radius 3 is 2.00 bits per heavy atom. The summed E-state index contributed by atoms with van der Waals surface area (Å²) >= 11 is 0. The molecule has 0 aromatic heterocycles. The van der Waals surface area contributed by atoms with Gasteiger partial charge in [0.05, 0.1) is 0 Å². The summed E-state index contributed by atoms with van der Waals surface area (Å²) in [4.78, 5) is 10.2. The van der Waals surface area contributed by atoms with Crippen LogP contribution in [-0.2, 0) is 14.9 Å². The van der Waals surface area contributed by atoms with E-state index in [1.54, 1.807) is 0 Å². The van der Waals surface area contributed by atoms with E-state index < -0.39 is 21.2 Å². The van der Waals surface area contributed by atoms with Crippen LogP contribution in [0.3, 0.4) is 0 Å². The predicted octanol–water partition coefficient (Wildman–Crippen LogP) is -0.334. The molecule has 0 bridgehead atoms. The quantitative estimate of drug-likeness (QED) is 0.548. The van der Waals surface area contributed by atoms with E-state index in [-0.39, 0.29) is 0 Å². The van der Waals surface area contributed by atoms with Crippen molar-refractivity contribution in [2.75, 3.05) is 0 Å². The van der Waals surface area contributed by atoms with Crippen LogP contribution in [0.4, 0.5) is 0 Å². The first-order valence-electron chi connectivity index (χ1n) is 2.15. The Bertz CT molecular complexity index is 203. The fraction of sp³-hybridized carbons (Fsp3) is 0.500. The number of hydrogen-bond acceptors (Lipinski definition) is 3. The van der Waals surface area contributed by atoms with Crippen molar-refractivity contribution in [1.82, 2.24) is 0 Å². The van der Waals surface area contributed by atoms with E-state index in [1.807, 2.05) is 0 Å². The van der Waals surface area contributed by atoms with Gasteiger partial charge in [-0.05, 0) is 13.8 Å². The molecule has 1 unspecified atom stereocenters. The van der Waals surface area contributed by atoms with Crippen LogP contribution in [0.5, 0.6) is 0 Å². The van der Waals surface area contributed by atoms with Crippen LogP contribution in [0.25, 0.3) is 0 Å². The lowest BCUT2D eigenvalue weighted by atomic mass is 10.3. The van der Waals surface area contributed by atoms with Crippen LogP contribution in [-0.4, -0.2) is 24.0 Å². The Hall–Kier alpha value is -0.420. The maximum Gasteiger partial charge on any atom is 0.274 e. The van der Waals surface area contributed by atoms with E-state index >= 15 is 0 Å². The van der Waals surface area contributed by atoms with Gasteiger partial charge in [-0.2, -0.15) is 8.42 Å². The molecule has 0 aliphatic rings. The van der Waals surface area contributed by atoms with E-state index in [0.717, 1.165) is 6.92 Å². The largest absolute Gasteiger partial charge is 0.298 e. The minimum Gasteiger partial charge on any atom is -0.298 e. The highest BCUT2D eigenvalue weighted by Gasteiger charge is 2.21. The number of hydrogen-bond donors (Lipinski definition) is 1. The van der Waals surface area contributed by atoms with E-state index in [2.05, 4.69) is 6.92 Å². The van der Waals surface area contributed by atoms with Crippen LogP contribution in [0.2, 0.25) is 0 Å². The standard InChI is InChI=1S/C4H7O4S/c1-3(5)4(2)9(6,7)8/h4H,2H2,1H3,(H,6,7,8). The van der Waals surface area contributed by atoms with Crippen LogP contribution < -0.4 is 0 Å². The number of rotatable bonds is 2. The fourth-order valence-electron chi connectivity index (χ4n) is 0.210. The second-order valence-corrected chi connectivity index (χ2v) is 3.21. The molecule has 0 saturated heterocycles. The van der Waals surface area contributed by atoms with Crippen LogP contribution in [0.15, 0.2) is 0 Å². The van der Waals surface area contributed by atoms with Gasteiger partial charge in [-0.1, -0.05) is 0 Å². The SMILES string of the molecule is [CH2]C(C(C)=O)S(=O)(=O)O. The summed E-state index contributed by atoms with van der Waals surface area (Å²) in [5, 5.41) is -1.54. The summed E-state index contributed by atoms with van der Waals surface area (Å²) < 4.78 is 28.2. The third-order valence-corrected chi connectivity index (χ3v) is 1.86. The first-order chi connectivity index (χ1) is 3.85. The lowest BCUT2D eigenvalue weighted by molar-refractivity contribution is -0.116. The molecule has 1 radical (unpaired) electrons. The third-order valence-electron chi connectivity index (χ3n) is 0.813. The molecular weight excluding hydrogens is 144 g/mol. The minimum absolute atomic E-state index is 0.669. The topological polar surface area (TPSA) is 71.4 Å². The number of carbonyl (C=O) groups is 1. The average molecular weight is 151 g/mol. The molecule has 4 nitrogen and oxygen atoms in total. The summed E-state index contributed by atoms with van der Waals surface area (Å²) in [6.45, 7) is 3.97. The Balaban J connectivity index is 4.43. The maximum atomic E-state index is 10.2. The lowest BCUT2D eigenvalue weighted by Gasteiger charge is -1.99. The van der Waals surface area contributed by atoms with Gasteiger partial charge < -0.3 is 0 Å². The molecule has 1 N–H and O–H groups in total. The first-order valence-corrected chi connectivity index (χ1v) is 3.66. The van der Waals surface area contributed by atoms with Gasteiger partial charge in [0.15, 0.2) is 0 Å². The van der Waals surface area contributed by atoms with Crippen LogP contribution in [0, 0.1) is 6.92 Å². The van der Waals surface area contributed by atoms with Gasteiger partial charge in [0.2, 0.25) is 0 Å². The zero-order chi connectivity index (χ0) is 7.65. The van der Waals surface area contributed by atoms with Gasteiger partial charge in [0, 0.05) is 0 Å². The number of Topliss-reactive ketones (excluding diaryl/α,β-unsaturated/α-hetero) is 1. The molecule has 0 aromatic rings. The van der Waals surface area contributed by atoms with Crippen molar-refractivity contribution in [2.45, 2.75) is 12.2 Å². The van der Waals surface area contributed by atoms with Crippen molar-refractivity contribution >= 4 is 15.9 Å². The predicted molar refractivity (Wildman–Crippen MR) is 31.4 cm³/mol. The van der Waals surface area contributed by atoms with E-state index in [9.17, 15) is 13.2 Å². The summed E-state index contributed by atoms with van der Waals surface area (Å²) in [6, 6.07) is 0. The monoisotopic (exact) mass is 151 g/mol. The van der Waals surface area contributed by atoms with E-state index in [0.29, 0.717) is 0 Å². The Morgan fingerprint density at radius 2 is 2.00 bits per heavy atom. The van der Waals surface area contributed by atoms with Crippen molar-refractivity contribution in [1.29, 1.82) is 0 Å². The van der Waals surface area contributed by atoms with Crippen LogP contribution in [0.1, 0.15) is 6.92 Å². The zero-order valence-electron chi connectivity index (χ0n) is 4.86. The molecule has 0 heterocycles. The fourth-order valence-corrected chi connectivity index (χ4v) is 0.629. The number of carbonyl (C=O) groups excluding carboxylic acids is 1. The molecule has 9 heavy (non-hydrogen) atoms. The lowest BCUT2D eigenvalue weighted by Crippen LogP contribution is -2.24. The van der Waals surface area contributed by atoms with Gasteiger partial charge in [-0.25, -0.2) is 0 Å². The highest BCUT2D eigenvalue weighted by atomic mass is 32.2.